The number of hydrogen-bond donors (Lipinski definition) is 0. The molecule has 0 saturated heterocycles. The van der Waals surface area contributed by atoms with Crippen molar-refractivity contribution in [3.05, 3.63) is 100 Å². The molecule has 10 heteroatoms. The van der Waals surface area contributed by atoms with Crippen molar-refractivity contribution in [3.63, 3.8) is 0 Å². The molecule has 9 nitrogen and oxygen atoms in total. The zero-order valence-corrected chi connectivity index (χ0v) is 18.6. The highest BCUT2D eigenvalue weighted by Gasteiger charge is 2.29. The van der Waals surface area contributed by atoms with Gasteiger partial charge in [0.15, 0.2) is 34.4 Å². The number of hydrogen-bond acceptors (Lipinski definition) is 8. The molecule has 0 unspecified atom stereocenters. The lowest BCUT2D eigenvalue weighted by atomic mass is 10.1. The molecule has 34 heavy (non-hydrogen) atoms. The van der Waals surface area contributed by atoms with E-state index in [4.69, 9.17) is 9.47 Å². The van der Waals surface area contributed by atoms with Crippen molar-refractivity contribution >= 4 is 23.2 Å². The van der Waals surface area contributed by atoms with E-state index in [1.807, 2.05) is 59.2 Å². The summed E-state index contributed by atoms with van der Waals surface area (Å²) in [5.74, 6) is 1.78. The average molecular weight is 474 g/mol. The number of aromatic nitrogens is 3. The number of carbonyl (C=O) groups excluding carboxylic acids is 1. The van der Waals surface area contributed by atoms with Gasteiger partial charge in [0.25, 0.3) is 5.69 Å². The molecule has 170 valence electrons. The quantitative estimate of drug-likeness (QED) is 0.165. The van der Waals surface area contributed by atoms with Crippen LogP contribution in [0.2, 0.25) is 0 Å². The van der Waals surface area contributed by atoms with Crippen molar-refractivity contribution in [3.8, 4) is 17.2 Å². The van der Waals surface area contributed by atoms with Gasteiger partial charge in [0.05, 0.1) is 10.7 Å². The van der Waals surface area contributed by atoms with Crippen molar-refractivity contribution in [2.24, 2.45) is 0 Å². The Hall–Kier alpha value is -4.18. The first-order valence-corrected chi connectivity index (χ1v) is 11.4. The van der Waals surface area contributed by atoms with Gasteiger partial charge >= 0.3 is 0 Å². The van der Waals surface area contributed by atoms with Crippen LogP contribution < -0.4 is 9.47 Å². The van der Waals surface area contributed by atoms with Gasteiger partial charge in [-0.05, 0) is 36.4 Å². The number of nitro groups is 1. The fourth-order valence-corrected chi connectivity index (χ4v) is 4.39. The van der Waals surface area contributed by atoms with E-state index in [0.717, 1.165) is 5.69 Å². The van der Waals surface area contributed by atoms with Crippen molar-refractivity contribution in [2.75, 3.05) is 12.4 Å². The molecule has 0 fully saturated rings. The second kappa shape index (κ2) is 9.36. The molecule has 1 aliphatic heterocycles. The highest BCUT2D eigenvalue weighted by molar-refractivity contribution is 7.99. The topological polar surface area (TPSA) is 109 Å². The van der Waals surface area contributed by atoms with Crippen LogP contribution in [0.15, 0.2) is 84.0 Å². The Morgan fingerprint density at radius 2 is 1.71 bits per heavy atom. The van der Waals surface area contributed by atoms with Crippen LogP contribution in [0, 0.1) is 10.1 Å². The summed E-state index contributed by atoms with van der Waals surface area (Å²) in [5.41, 5.74) is 1.16. The van der Waals surface area contributed by atoms with Crippen LogP contribution in [0.25, 0.3) is 5.69 Å². The largest absolute Gasteiger partial charge is 0.485 e. The number of carbonyl (C=O) groups is 1. The number of nitrogens with zero attached hydrogens (tertiary/aromatic N) is 4. The number of benzene rings is 3. The van der Waals surface area contributed by atoms with E-state index in [1.54, 1.807) is 0 Å². The number of ether oxygens (including phenoxy) is 2. The molecule has 1 atom stereocenters. The SMILES string of the molecule is O=C(CSc1nnc([C@H]2COc3ccccc3O2)n1-c1ccccc1)c1ccc([N+](=O)[O-])cc1. The minimum absolute atomic E-state index is 0.0612. The Morgan fingerprint density at radius 3 is 2.44 bits per heavy atom. The fourth-order valence-electron chi connectivity index (χ4n) is 3.53. The van der Waals surface area contributed by atoms with Crippen molar-refractivity contribution in [2.45, 2.75) is 11.3 Å². The van der Waals surface area contributed by atoms with E-state index < -0.39 is 11.0 Å². The minimum atomic E-state index is -0.498. The van der Waals surface area contributed by atoms with Crippen LogP contribution in [-0.2, 0) is 0 Å². The van der Waals surface area contributed by atoms with Crippen LogP contribution >= 0.6 is 11.8 Å². The molecule has 0 saturated carbocycles. The van der Waals surface area contributed by atoms with Crippen LogP contribution in [0.4, 0.5) is 5.69 Å². The number of thioether (sulfide) groups is 1. The molecule has 0 N–H and O–H groups in total. The standard InChI is InChI=1S/C24H18N4O5S/c29-19(16-10-12-18(13-11-16)28(30)31)15-34-24-26-25-23(27(24)17-6-2-1-3-7-17)22-14-32-20-8-4-5-9-21(20)33-22/h1-13,22H,14-15H2/t22-/m1/s1. The van der Waals surface area contributed by atoms with E-state index in [2.05, 4.69) is 10.2 Å². The smallest absolute Gasteiger partial charge is 0.269 e. The number of Topliss-reactive ketones (excluding diaryl/α,β-unsaturated/α-hetero) is 1. The molecule has 0 radical (unpaired) electrons. The molecule has 3 aromatic carbocycles. The summed E-state index contributed by atoms with van der Waals surface area (Å²) < 4.78 is 13.9. The van der Waals surface area contributed by atoms with Gasteiger partial charge in [-0.25, -0.2) is 0 Å². The van der Waals surface area contributed by atoms with Gasteiger partial charge in [0.1, 0.15) is 6.61 Å². The van der Waals surface area contributed by atoms with Gasteiger partial charge in [0.2, 0.25) is 0 Å². The van der Waals surface area contributed by atoms with Crippen LogP contribution in [0.5, 0.6) is 11.5 Å². The lowest BCUT2D eigenvalue weighted by Gasteiger charge is -2.26. The van der Waals surface area contributed by atoms with Gasteiger partial charge in [-0.3, -0.25) is 19.5 Å². The molecule has 1 aromatic heterocycles. The highest BCUT2D eigenvalue weighted by Crippen LogP contribution is 2.37. The summed E-state index contributed by atoms with van der Waals surface area (Å²) in [7, 11) is 0. The lowest BCUT2D eigenvalue weighted by molar-refractivity contribution is -0.384. The van der Waals surface area contributed by atoms with Gasteiger partial charge < -0.3 is 9.47 Å². The zero-order valence-electron chi connectivity index (χ0n) is 17.7. The lowest BCUT2D eigenvalue weighted by Crippen LogP contribution is -2.24. The Bertz CT molecular complexity index is 1340. The van der Waals surface area contributed by atoms with Gasteiger partial charge in [-0.2, -0.15) is 0 Å². The predicted octanol–water partition coefficient (Wildman–Crippen LogP) is 4.66. The van der Waals surface area contributed by atoms with Crippen molar-refractivity contribution in [1.82, 2.24) is 14.8 Å². The van der Waals surface area contributed by atoms with E-state index in [-0.39, 0.29) is 23.8 Å². The second-order valence-electron chi connectivity index (χ2n) is 7.39. The first kappa shape index (κ1) is 21.7. The Kier molecular flexibility index (Phi) is 5.96. The van der Waals surface area contributed by atoms with Crippen molar-refractivity contribution < 1.29 is 19.2 Å². The van der Waals surface area contributed by atoms with Gasteiger partial charge in [-0.1, -0.05) is 42.1 Å². The summed E-state index contributed by atoms with van der Waals surface area (Å²) in [6.45, 7) is 0.272. The predicted molar refractivity (Wildman–Crippen MR) is 125 cm³/mol. The van der Waals surface area contributed by atoms with E-state index in [0.29, 0.717) is 28.0 Å². The summed E-state index contributed by atoms with van der Waals surface area (Å²) in [5, 5.41) is 20.1. The molecular weight excluding hydrogens is 456 g/mol. The number of ketones is 1. The number of para-hydroxylation sites is 3. The van der Waals surface area contributed by atoms with Crippen LogP contribution in [0.1, 0.15) is 22.3 Å². The van der Waals surface area contributed by atoms with E-state index >= 15 is 0 Å². The minimum Gasteiger partial charge on any atom is -0.485 e. The van der Waals surface area contributed by atoms with Gasteiger partial charge in [0, 0.05) is 23.4 Å². The molecule has 0 bridgehead atoms. The van der Waals surface area contributed by atoms with E-state index in [9.17, 15) is 14.9 Å². The second-order valence-corrected chi connectivity index (χ2v) is 8.33. The van der Waals surface area contributed by atoms with Gasteiger partial charge in [-0.15, -0.1) is 10.2 Å². The number of non-ortho nitro benzene ring substituents is 1. The maximum Gasteiger partial charge on any atom is 0.269 e. The maximum absolute atomic E-state index is 12.7. The van der Waals surface area contributed by atoms with Crippen molar-refractivity contribution in [1.29, 1.82) is 0 Å². The highest BCUT2D eigenvalue weighted by atomic mass is 32.2. The molecule has 1 aliphatic rings. The molecular formula is C24H18N4O5S. The fraction of sp³-hybridized carbons (Fsp3) is 0.125. The third-order valence-corrected chi connectivity index (χ3v) is 6.13. The number of nitro benzene ring substituents is 1. The summed E-state index contributed by atoms with van der Waals surface area (Å²) in [4.78, 5) is 23.0. The molecule has 5 rings (SSSR count). The Labute approximate surface area is 198 Å². The third-order valence-electron chi connectivity index (χ3n) is 5.20. The summed E-state index contributed by atoms with van der Waals surface area (Å²) in [6, 6.07) is 22.6. The summed E-state index contributed by atoms with van der Waals surface area (Å²) >= 11 is 1.24. The molecule has 2 heterocycles. The first-order chi connectivity index (χ1) is 16.6. The average Bonchev–Trinajstić information content (AvgIpc) is 3.31. The monoisotopic (exact) mass is 474 g/mol. The molecule has 0 spiro atoms. The van der Waals surface area contributed by atoms with E-state index in [1.165, 1.54) is 36.0 Å². The Morgan fingerprint density at radius 1 is 1.00 bits per heavy atom. The number of fused-ring (bicyclic) bond motifs is 1. The summed E-state index contributed by atoms with van der Waals surface area (Å²) in [6.07, 6.45) is -0.484. The number of rotatable bonds is 7. The maximum atomic E-state index is 12.7. The molecule has 0 aliphatic carbocycles. The third kappa shape index (κ3) is 4.35. The first-order valence-electron chi connectivity index (χ1n) is 10.4. The molecule has 4 aromatic rings. The van der Waals surface area contributed by atoms with Crippen LogP contribution in [0.3, 0.4) is 0 Å². The van der Waals surface area contributed by atoms with Crippen LogP contribution in [-0.4, -0.2) is 37.8 Å². The Balaban J connectivity index is 1.40. The zero-order chi connectivity index (χ0) is 23.5. The molecule has 0 amide bonds. The normalized spacial score (nSPS) is 14.5.